The molecule has 3 heteroatoms. The number of aliphatic imine (C=N–C) groups is 1. The van der Waals surface area contributed by atoms with Gasteiger partial charge in [-0.3, -0.25) is 9.79 Å². The summed E-state index contributed by atoms with van der Waals surface area (Å²) in [6, 6.07) is 15.2. The molecule has 1 aliphatic carbocycles. The molecule has 2 aromatic carbocycles. The van der Waals surface area contributed by atoms with Crippen LogP contribution in [0, 0.1) is 0 Å². The first-order valence-corrected chi connectivity index (χ1v) is 9.35. The average Bonchev–Trinajstić information content (AvgIpc) is 3.14. The maximum Gasteiger partial charge on any atom is 0.254 e. The van der Waals surface area contributed by atoms with Gasteiger partial charge in [-0.05, 0) is 54.5 Å². The van der Waals surface area contributed by atoms with Gasteiger partial charge in [0.15, 0.2) is 0 Å². The van der Waals surface area contributed by atoms with Gasteiger partial charge in [0.1, 0.15) is 0 Å². The monoisotopic (exact) mass is 330 g/mol. The highest BCUT2D eigenvalue weighted by Gasteiger charge is 2.38. The molecule has 2 atom stereocenters. The minimum Gasteiger partial charge on any atom is -0.335 e. The maximum absolute atomic E-state index is 13.2. The van der Waals surface area contributed by atoms with E-state index in [9.17, 15) is 4.79 Å². The van der Waals surface area contributed by atoms with E-state index in [1.54, 1.807) is 0 Å². The van der Waals surface area contributed by atoms with Gasteiger partial charge in [-0.15, -0.1) is 0 Å². The molecule has 1 amide bonds. The van der Waals surface area contributed by atoms with Crippen LogP contribution in [-0.4, -0.2) is 29.6 Å². The van der Waals surface area contributed by atoms with Gasteiger partial charge in [-0.25, -0.2) is 0 Å². The number of carbonyl (C=O) groups excluding carboxylic acids is 1. The number of amides is 1. The van der Waals surface area contributed by atoms with Crippen LogP contribution in [0.2, 0.25) is 0 Å². The first-order chi connectivity index (χ1) is 12.3. The van der Waals surface area contributed by atoms with Gasteiger partial charge in [-0.1, -0.05) is 30.3 Å². The Kier molecular flexibility index (Phi) is 3.47. The van der Waals surface area contributed by atoms with E-state index in [0.29, 0.717) is 12.0 Å². The van der Waals surface area contributed by atoms with Crippen molar-refractivity contribution >= 4 is 17.8 Å². The van der Waals surface area contributed by atoms with Crippen LogP contribution in [0.15, 0.2) is 47.5 Å². The fraction of sp³-hybridized carbons (Fsp3) is 0.364. The molecule has 1 fully saturated rings. The van der Waals surface area contributed by atoms with Crippen LogP contribution in [0.5, 0.6) is 0 Å². The van der Waals surface area contributed by atoms with Crippen LogP contribution in [0.1, 0.15) is 52.2 Å². The number of nitrogens with zero attached hydrogens (tertiary/aromatic N) is 2. The number of hydrogen-bond acceptors (Lipinski definition) is 2. The zero-order chi connectivity index (χ0) is 16.8. The Morgan fingerprint density at radius 3 is 2.96 bits per heavy atom. The number of carbonyl (C=O) groups is 1. The Bertz CT molecular complexity index is 870. The maximum atomic E-state index is 13.2. The van der Waals surface area contributed by atoms with Gasteiger partial charge in [0.2, 0.25) is 0 Å². The third kappa shape index (κ3) is 2.41. The van der Waals surface area contributed by atoms with Crippen molar-refractivity contribution in [1.29, 1.82) is 0 Å². The summed E-state index contributed by atoms with van der Waals surface area (Å²) in [7, 11) is 0. The molecule has 0 N–H and O–H groups in total. The standard InChI is InChI=1S/C22H22N2O/c25-22(17-8-7-16-11-12-23-20(16)14-17)24-13-3-6-19-18-5-2-1-4-15(18)9-10-21(19)24/h1-2,4-5,7-8,12,14,19,21H,3,6,9-11,13H2/t19-,21+/m1/s1. The fourth-order valence-electron chi connectivity index (χ4n) is 4.85. The lowest BCUT2D eigenvalue weighted by Gasteiger charge is -2.45. The number of rotatable bonds is 1. The Balaban J connectivity index is 1.46. The number of fused-ring (bicyclic) bond motifs is 4. The molecule has 126 valence electrons. The molecule has 5 rings (SSSR count). The SMILES string of the molecule is O=C(c1ccc2c(c1)N=CC2)N1CCC[C@@H]2c3ccccc3CC[C@@H]21. The van der Waals surface area contributed by atoms with Crippen molar-refractivity contribution < 1.29 is 4.79 Å². The van der Waals surface area contributed by atoms with Crippen molar-refractivity contribution in [2.24, 2.45) is 4.99 Å². The van der Waals surface area contributed by atoms with E-state index in [-0.39, 0.29) is 5.91 Å². The second-order valence-corrected chi connectivity index (χ2v) is 7.41. The molecule has 25 heavy (non-hydrogen) atoms. The number of likely N-dealkylation sites (tertiary alicyclic amines) is 1. The van der Waals surface area contributed by atoms with Gasteiger partial charge in [0, 0.05) is 36.7 Å². The quantitative estimate of drug-likeness (QED) is 0.768. The summed E-state index contributed by atoms with van der Waals surface area (Å²) in [5.41, 5.74) is 5.92. The summed E-state index contributed by atoms with van der Waals surface area (Å²) in [5.74, 6) is 0.675. The topological polar surface area (TPSA) is 32.7 Å². The van der Waals surface area contributed by atoms with Gasteiger partial charge >= 0.3 is 0 Å². The van der Waals surface area contributed by atoms with Crippen LogP contribution in [0.25, 0.3) is 0 Å². The molecular weight excluding hydrogens is 308 g/mol. The number of aryl methyl sites for hydroxylation is 1. The summed E-state index contributed by atoms with van der Waals surface area (Å²) in [6.45, 7) is 0.877. The molecule has 0 spiro atoms. The van der Waals surface area contributed by atoms with Crippen LogP contribution < -0.4 is 0 Å². The van der Waals surface area contributed by atoms with E-state index in [4.69, 9.17) is 0 Å². The molecular formula is C22H22N2O. The van der Waals surface area contributed by atoms with Crippen molar-refractivity contribution in [3.8, 4) is 0 Å². The smallest absolute Gasteiger partial charge is 0.254 e. The molecule has 0 aromatic heterocycles. The zero-order valence-corrected chi connectivity index (χ0v) is 14.3. The predicted octanol–water partition coefficient (Wildman–Crippen LogP) is 4.28. The summed E-state index contributed by atoms with van der Waals surface area (Å²) < 4.78 is 0. The van der Waals surface area contributed by atoms with E-state index >= 15 is 0 Å². The largest absolute Gasteiger partial charge is 0.335 e. The molecule has 2 heterocycles. The van der Waals surface area contributed by atoms with Gasteiger partial charge in [0.05, 0.1) is 5.69 Å². The van der Waals surface area contributed by atoms with Gasteiger partial charge < -0.3 is 4.90 Å². The third-order valence-electron chi connectivity index (χ3n) is 6.08. The summed E-state index contributed by atoms with van der Waals surface area (Å²) in [5, 5.41) is 0. The van der Waals surface area contributed by atoms with Crippen molar-refractivity contribution in [1.82, 2.24) is 4.90 Å². The highest BCUT2D eigenvalue weighted by molar-refractivity contribution is 5.96. The highest BCUT2D eigenvalue weighted by Crippen LogP contribution is 2.41. The highest BCUT2D eigenvalue weighted by atomic mass is 16.2. The van der Waals surface area contributed by atoms with Crippen molar-refractivity contribution in [3.05, 3.63) is 64.7 Å². The number of hydrogen-bond donors (Lipinski definition) is 0. The molecule has 3 nitrogen and oxygen atoms in total. The number of piperidine rings is 1. The molecule has 3 aliphatic rings. The van der Waals surface area contributed by atoms with E-state index in [2.05, 4.69) is 40.2 Å². The van der Waals surface area contributed by atoms with E-state index in [0.717, 1.165) is 43.5 Å². The normalized spacial score (nSPS) is 23.8. The Labute approximate surface area is 148 Å². The summed E-state index contributed by atoms with van der Waals surface area (Å²) in [4.78, 5) is 19.8. The Morgan fingerprint density at radius 2 is 2.00 bits per heavy atom. The van der Waals surface area contributed by atoms with Crippen LogP contribution in [0.3, 0.4) is 0 Å². The first-order valence-electron chi connectivity index (χ1n) is 9.35. The molecule has 0 unspecified atom stereocenters. The Morgan fingerprint density at radius 1 is 1.08 bits per heavy atom. The third-order valence-corrected chi connectivity index (χ3v) is 6.08. The molecule has 1 saturated heterocycles. The summed E-state index contributed by atoms with van der Waals surface area (Å²) >= 11 is 0. The van der Waals surface area contributed by atoms with Crippen molar-refractivity contribution in [2.45, 2.75) is 44.1 Å². The molecule has 2 aromatic rings. The lowest BCUT2D eigenvalue weighted by molar-refractivity contribution is 0.0547. The molecule has 0 radical (unpaired) electrons. The predicted molar refractivity (Wildman–Crippen MR) is 99.9 cm³/mol. The van der Waals surface area contributed by atoms with Gasteiger partial charge in [-0.2, -0.15) is 0 Å². The van der Waals surface area contributed by atoms with E-state index in [1.165, 1.54) is 23.1 Å². The minimum atomic E-state index is 0.180. The molecule has 0 bridgehead atoms. The lowest BCUT2D eigenvalue weighted by Crippen LogP contribution is -2.49. The first kappa shape index (κ1) is 14.9. The second-order valence-electron chi connectivity index (χ2n) is 7.41. The molecule has 0 saturated carbocycles. The van der Waals surface area contributed by atoms with E-state index in [1.807, 2.05) is 18.3 Å². The van der Waals surface area contributed by atoms with Gasteiger partial charge in [0.25, 0.3) is 5.91 Å². The Hall–Kier alpha value is -2.42. The molecule has 2 aliphatic heterocycles. The number of benzene rings is 2. The average molecular weight is 330 g/mol. The second kappa shape index (κ2) is 5.83. The minimum absolute atomic E-state index is 0.180. The van der Waals surface area contributed by atoms with E-state index < -0.39 is 0 Å². The summed E-state index contributed by atoms with van der Waals surface area (Å²) in [6.07, 6.45) is 7.25. The van der Waals surface area contributed by atoms with Crippen LogP contribution in [-0.2, 0) is 12.8 Å². The van der Waals surface area contributed by atoms with Crippen LogP contribution in [0.4, 0.5) is 5.69 Å². The van der Waals surface area contributed by atoms with Crippen molar-refractivity contribution in [3.63, 3.8) is 0 Å². The van der Waals surface area contributed by atoms with Crippen molar-refractivity contribution in [2.75, 3.05) is 6.54 Å². The fourth-order valence-corrected chi connectivity index (χ4v) is 4.85. The van der Waals surface area contributed by atoms with Crippen LogP contribution >= 0.6 is 0 Å². The lowest BCUT2D eigenvalue weighted by atomic mass is 9.74. The zero-order valence-electron chi connectivity index (χ0n) is 14.3.